The second kappa shape index (κ2) is 5.45. The van der Waals surface area contributed by atoms with E-state index in [2.05, 4.69) is 34.1 Å². The highest BCUT2D eigenvalue weighted by Gasteiger charge is 2.29. The summed E-state index contributed by atoms with van der Waals surface area (Å²) in [6, 6.07) is 3.46. The molecule has 1 heterocycles. The molecule has 1 N–H and O–H groups in total. The minimum Gasteiger partial charge on any atom is -0.359 e. The Kier molecular flexibility index (Phi) is 3.91. The summed E-state index contributed by atoms with van der Waals surface area (Å²) < 4.78 is 0.764. The van der Waals surface area contributed by atoms with Gasteiger partial charge in [0.25, 0.3) is 11.7 Å². The second-order valence-electron chi connectivity index (χ2n) is 4.26. The molecule has 0 aromatic heterocycles. The fourth-order valence-electron chi connectivity index (χ4n) is 2.06. The number of benzene rings is 1. The summed E-state index contributed by atoms with van der Waals surface area (Å²) in [5, 5.41) is 2.57. The SMILES string of the molecule is C#CCN(CCC)c1cc2c(cc1Br)C(=O)C(=O)N2. The lowest BCUT2D eigenvalue weighted by atomic mass is 10.1. The van der Waals surface area contributed by atoms with E-state index < -0.39 is 11.7 Å². The molecule has 98 valence electrons. The number of anilines is 2. The summed E-state index contributed by atoms with van der Waals surface area (Å²) in [5.74, 6) is 1.53. The Morgan fingerprint density at radius 1 is 1.42 bits per heavy atom. The predicted molar refractivity (Wildman–Crippen MR) is 78.4 cm³/mol. The van der Waals surface area contributed by atoms with Crippen LogP contribution in [0.25, 0.3) is 0 Å². The number of hydrogen-bond donors (Lipinski definition) is 1. The fourth-order valence-corrected chi connectivity index (χ4v) is 2.66. The van der Waals surface area contributed by atoms with E-state index in [9.17, 15) is 9.59 Å². The molecule has 0 saturated heterocycles. The molecule has 0 fully saturated rings. The number of nitrogens with zero attached hydrogens (tertiary/aromatic N) is 1. The summed E-state index contributed by atoms with van der Waals surface area (Å²) in [6.07, 6.45) is 6.33. The molecule has 2 rings (SSSR count). The van der Waals surface area contributed by atoms with E-state index >= 15 is 0 Å². The van der Waals surface area contributed by atoms with E-state index in [1.165, 1.54) is 0 Å². The van der Waals surface area contributed by atoms with Crippen molar-refractivity contribution >= 4 is 39.0 Å². The minimum atomic E-state index is -0.585. The van der Waals surface area contributed by atoms with Gasteiger partial charge in [-0.05, 0) is 34.5 Å². The lowest BCUT2D eigenvalue weighted by Gasteiger charge is -2.23. The quantitative estimate of drug-likeness (QED) is 0.684. The third-order valence-electron chi connectivity index (χ3n) is 2.90. The van der Waals surface area contributed by atoms with Crippen LogP contribution in [0.2, 0.25) is 0 Å². The third-order valence-corrected chi connectivity index (χ3v) is 3.54. The van der Waals surface area contributed by atoms with Gasteiger partial charge >= 0.3 is 0 Å². The van der Waals surface area contributed by atoms with Crippen LogP contribution in [0.3, 0.4) is 0 Å². The minimum absolute atomic E-state index is 0.401. The highest BCUT2D eigenvalue weighted by Crippen LogP contribution is 2.35. The molecular formula is C14H13BrN2O2. The number of nitrogens with one attached hydrogen (secondary N) is 1. The molecule has 1 aromatic rings. The summed E-state index contributed by atoms with van der Waals surface area (Å²) >= 11 is 3.44. The van der Waals surface area contributed by atoms with Gasteiger partial charge in [-0.3, -0.25) is 9.59 Å². The highest BCUT2D eigenvalue weighted by molar-refractivity contribution is 9.10. The monoisotopic (exact) mass is 320 g/mol. The van der Waals surface area contributed by atoms with Gasteiger partial charge < -0.3 is 10.2 Å². The van der Waals surface area contributed by atoms with Crippen LogP contribution >= 0.6 is 15.9 Å². The molecule has 0 bridgehead atoms. The molecule has 0 atom stereocenters. The van der Waals surface area contributed by atoms with Crippen molar-refractivity contribution in [2.75, 3.05) is 23.3 Å². The Balaban J connectivity index is 2.44. The van der Waals surface area contributed by atoms with E-state index in [-0.39, 0.29) is 0 Å². The largest absolute Gasteiger partial charge is 0.359 e. The number of fused-ring (bicyclic) bond motifs is 1. The first kappa shape index (κ1) is 13.6. The van der Waals surface area contributed by atoms with Crippen LogP contribution in [0.1, 0.15) is 23.7 Å². The Bertz CT molecular complexity index is 590. The van der Waals surface area contributed by atoms with Crippen molar-refractivity contribution in [3.8, 4) is 12.3 Å². The molecule has 19 heavy (non-hydrogen) atoms. The number of hydrogen-bond acceptors (Lipinski definition) is 3. The summed E-state index contributed by atoms with van der Waals surface area (Å²) in [5.41, 5.74) is 1.83. The molecular weight excluding hydrogens is 308 g/mol. The highest BCUT2D eigenvalue weighted by atomic mass is 79.9. The normalized spacial score (nSPS) is 12.9. The van der Waals surface area contributed by atoms with Crippen LogP contribution in [0.4, 0.5) is 11.4 Å². The lowest BCUT2D eigenvalue weighted by Crippen LogP contribution is -2.24. The first-order chi connectivity index (χ1) is 9.08. The van der Waals surface area contributed by atoms with Gasteiger partial charge in [-0.1, -0.05) is 12.8 Å². The number of carbonyl (C=O) groups excluding carboxylic acids is 2. The number of amides is 1. The van der Waals surface area contributed by atoms with Gasteiger partial charge in [0.1, 0.15) is 0 Å². The van der Waals surface area contributed by atoms with Crippen LogP contribution in [0, 0.1) is 12.3 Å². The van der Waals surface area contributed by atoms with E-state index in [0.717, 1.165) is 23.1 Å². The molecule has 1 aliphatic rings. The first-order valence-electron chi connectivity index (χ1n) is 5.96. The van der Waals surface area contributed by atoms with Gasteiger partial charge in [0.15, 0.2) is 0 Å². The molecule has 5 heteroatoms. The van der Waals surface area contributed by atoms with Gasteiger partial charge in [-0.15, -0.1) is 6.42 Å². The van der Waals surface area contributed by atoms with Crippen LogP contribution in [0.15, 0.2) is 16.6 Å². The Labute approximate surface area is 120 Å². The number of terminal acetylenes is 1. The number of ketones is 1. The third kappa shape index (κ3) is 2.49. The van der Waals surface area contributed by atoms with Crippen molar-refractivity contribution in [2.24, 2.45) is 0 Å². The predicted octanol–water partition coefficient (Wildman–Crippen LogP) is 2.43. The van der Waals surface area contributed by atoms with Crippen LogP contribution < -0.4 is 10.2 Å². The smallest absolute Gasteiger partial charge is 0.296 e. The maximum atomic E-state index is 11.6. The lowest BCUT2D eigenvalue weighted by molar-refractivity contribution is -0.112. The molecule has 0 unspecified atom stereocenters. The number of rotatable bonds is 4. The van der Waals surface area contributed by atoms with Crippen LogP contribution in [0.5, 0.6) is 0 Å². The average molecular weight is 321 g/mol. The zero-order valence-electron chi connectivity index (χ0n) is 10.5. The number of carbonyl (C=O) groups is 2. The van der Waals surface area contributed by atoms with Gasteiger partial charge in [-0.25, -0.2) is 0 Å². The van der Waals surface area contributed by atoms with Crippen molar-refractivity contribution in [1.82, 2.24) is 0 Å². The van der Waals surface area contributed by atoms with Crippen molar-refractivity contribution in [3.63, 3.8) is 0 Å². The summed E-state index contributed by atoms with van der Waals surface area (Å²) in [7, 11) is 0. The molecule has 4 nitrogen and oxygen atoms in total. The van der Waals surface area contributed by atoms with E-state index in [1.807, 2.05) is 4.90 Å². The molecule has 0 aliphatic carbocycles. The van der Waals surface area contributed by atoms with Gasteiger partial charge in [0, 0.05) is 11.0 Å². The van der Waals surface area contributed by atoms with E-state index in [0.29, 0.717) is 17.8 Å². The van der Waals surface area contributed by atoms with Crippen molar-refractivity contribution in [2.45, 2.75) is 13.3 Å². The zero-order valence-corrected chi connectivity index (χ0v) is 12.1. The van der Waals surface area contributed by atoms with Gasteiger partial charge in [-0.2, -0.15) is 0 Å². The Morgan fingerprint density at radius 3 is 2.79 bits per heavy atom. The van der Waals surface area contributed by atoms with Crippen molar-refractivity contribution < 1.29 is 9.59 Å². The molecule has 1 aromatic carbocycles. The van der Waals surface area contributed by atoms with Crippen LogP contribution in [-0.2, 0) is 4.79 Å². The maximum Gasteiger partial charge on any atom is 0.296 e. The summed E-state index contributed by atoms with van der Waals surface area (Å²) in [4.78, 5) is 25.0. The zero-order chi connectivity index (χ0) is 14.0. The van der Waals surface area contributed by atoms with Gasteiger partial charge in [0.2, 0.25) is 0 Å². The topological polar surface area (TPSA) is 49.4 Å². The first-order valence-corrected chi connectivity index (χ1v) is 6.75. The van der Waals surface area contributed by atoms with E-state index in [1.54, 1.807) is 12.1 Å². The second-order valence-corrected chi connectivity index (χ2v) is 5.11. The number of halogens is 1. The molecule has 1 aliphatic heterocycles. The standard InChI is InChI=1S/C14H13BrN2O2/c1-3-5-17(6-4-2)12-8-11-9(7-10(12)15)13(18)14(19)16-11/h1,7-8H,4-6H2,2H3,(H,16,18,19). The Morgan fingerprint density at radius 2 is 2.16 bits per heavy atom. The molecule has 1 amide bonds. The fraction of sp³-hybridized carbons (Fsp3) is 0.286. The van der Waals surface area contributed by atoms with Crippen molar-refractivity contribution in [1.29, 1.82) is 0 Å². The average Bonchev–Trinajstić information content (AvgIpc) is 2.64. The van der Waals surface area contributed by atoms with Crippen molar-refractivity contribution in [3.05, 3.63) is 22.2 Å². The number of Topliss-reactive ketones (excluding diaryl/α,β-unsaturated/α-hetero) is 1. The van der Waals surface area contributed by atoms with Gasteiger partial charge in [0.05, 0.1) is 23.5 Å². The maximum absolute atomic E-state index is 11.6. The summed E-state index contributed by atoms with van der Waals surface area (Å²) in [6.45, 7) is 3.35. The molecule has 0 radical (unpaired) electrons. The molecule has 0 spiro atoms. The molecule has 0 saturated carbocycles. The van der Waals surface area contributed by atoms with E-state index in [4.69, 9.17) is 6.42 Å². The Hall–Kier alpha value is -1.80. The van der Waals surface area contributed by atoms with Crippen LogP contribution in [-0.4, -0.2) is 24.8 Å².